The Morgan fingerprint density at radius 1 is 1.18 bits per heavy atom. The van der Waals surface area contributed by atoms with Crippen molar-refractivity contribution in [1.29, 1.82) is 0 Å². The number of hydrogen-bond donors (Lipinski definition) is 1. The highest BCUT2D eigenvalue weighted by Crippen LogP contribution is 2.39. The molecule has 2 atom stereocenters. The largest absolute Gasteiger partial charge is 0.316 e. The van der Waals surface area contributed by atoms with Crippen LogP contribution in [-0.4, -0.2) is 19.3 Å². The van der Waals surface area contributed by atoms with Crippen molar-refractivity contribution in [3.05, 3.63) is 0 Å². The molecule has 0 aromatic rings. The van der Waals surface area contributed by atoms with E-state index in [-0.39, 0.29) is 0 Å². The zero-order valence-electron chi connectivity index (χ0n) is 6.85. The average molecular weight is 157 g/mol. The minimum atomic E-state index is -0.497. The predicted octanol–water partition coefficient (Wildman–Crippen LogP) is 1.73. The van der Waals surface area contributed by atoms with E-state index in [1.165, 1.54) is 0 Å². The van der Waals surface area contributed by atoms with Gasteiger partial charge in [0, 0.05) is 12.5 Å². The maximum absolute atomic E-state index is 13.4. The number of rotatable bonds is 2. The van der Waals surface area contributed by atoms with E-state index in [0.29, 0.717) is 11.8 Å². The third-order valence-electron chi connectivity index (χ3n) is 2.86. The van der Waals surface area contributed by atoms with Gasteiger partial charge < -0.3 is 5.32 Å². The fourth-order valence-electron chi connectivity index (χ4n) is 1.95. The van der Waals surface area contributed by atoms with Gasteiger partial charge in [0.15, 0.2) is 0 Å². The molecule has 2 unspecified atom stereocenters. The van der Waals surface area contributed by atoms with E-state index < -0.39 is 6.17 Å². The zero-order chi connectivity index (χ0) is 7.68. The molecule has 11 heavy (non-hydrogen) atoms. The maximum atomic E-state index is 13.4. The van der Waals surface area contributed by atoms with Gasteiger partial charge in [0.1, 0.15) is 6.17 Å². The molecule has 2 aliphatic rings. The standard InChI is InChI=1S/C9H16FN/c10-9(7-3-4-7)8-2-1-5-11-6-8/h7-9,11H,1-6H2. The molecule has 2 heteroatoms. The van der Waals surface area contributed by atoms with Crippen LogP contribution >= 0.6 is 0 Å². The second-order valence-electron chi connectivity index (χ2n) is 3.89. The van der Waals surface area contributed by atoms with Crippen LogP contribution in [0.3, 0.4) is 0 Å². The number of piperidine rings is 1. The summed E-state index contributed by atoms with van der Waals surface area (Å²) in [6, 6.07) is 0. The SMILES string of the molecule is FC(C1CC1)C1CCCNC1. The maximum Gasteiger partial charge on any atom is 0.107 e. The van der Waals surface area contributed by atoms with Crippen molar-refractivity contribution in [2.24, 2.45) is 11.8 Å². The van der Waals surface area contributed by atoms with E-state index >= 15 is 0 Å². The van der Waals surface area contributed by atoms with E-state index in [2.05, 4.69) is 5.32 Å². The molecule has 2 rings (SSSR count). The first-order chi connectivity index (χ1) is 5.38. The van der Waals surface area contributed by atoms with Crippen molar-refractivity contribution in [1.82, 2.24) is 5.32 Å². The average Bonchev–Trinajstić information content (AvgIpc) is 2.87. The van der Waals surface area contributed by atoms with Crippen molar-refractivity contribution in [3.8, 4) is 0 Å². The van der Waals surface area contributed by atoms with E-state index in [1.807, 2.05) is 0 Å². The lowest BCUT2D eigenvalue weighted by Crippen LogP contribution is -2.35. The van der Waals surface area contributed by atoms with Crippen molar-refractivity contribution >= 4 is 0 Å². The third kappa shape index (κ3) is 1.73. The van der Waals surface area contributed by atoms with Crippen LogP contribution in [0.15, 0.2) is 0 Å². The van der Waals surface area contributed by atoms with Crippen LogP contribution in [0, 0.1) is 11.8 Å². The minimum absolute atomic E-state index is 0.330. The zero-order valence-corrected chi connectivity index (χ0v) is 6.85. The Kier molecular flexibility index (Phi) is 2.12. The van der Waals surface area contributed by atoms with Gasteiger partial charge in [-0.1, -0.05) is 0 Å². The lowest BCUT2D eigenvalue weighted by atomic mass is 9.92. The minimum Gasteiger partial charge on any atom is -0.316 e. The molecule has 1 N–H and O–H groups in total. The molecular formula is C9H16FN. The molecule has 0 aromatic heterocycles. The molecule has 0 amide bonds. The van der Waals surface area contributed by atoms with Crippen molar-refractivity contribution in [3.63, 3.8) is 0 Å². The molecule has 64 valence electrons. The summed E-state index contributed by atoms with van der Waals surface area (Å²) >= 11 is 0. The van der Waals surface area contributed by atoms with E-state index in [1.54, 1.807) is 0 Å². The highest BCUT2D eigenvalue weighted by Gasteiger charge is 2.36. The van der Waals surface area contributed by atoms with Crippen LogP contribution in [0.25, 0.3) is 0 Å². The second-order valence-corrected chi connectivity index (χ2v) is 3.89. The summed E-state index contributed by atoms with van der Waals surface area (Å²) in [6.07, 6.45) is 4.04. The normalized spacial score (nSPS) is 35.2. The molecule has 2 fully saturated rings. The van der Waals surface area contributed by atoms with Crippen molar-refractivity contribution in [2.45, 2.75) is 31.9 Å². The van der Waals surface area contributed by atoms with Crippen molar-refractivity contribution in [2.75, 3.05) is 13.1 Å². The Hall–Kier alpha value is -0.110. The van der Waals surface area contributed by atoms with Gasteiger partial charge in [-0.2, -0.15) is 0 Å². The van der Waals surface area contributed by atoms with Crippen LogP contribution in [0.1, 0.15) is 25.7 Å². The highest BCUT2D eigenvalue weighted by molar-refractivity contribution is 4.87. The van der Waals surface area contributed by atoms with Gasteiger partial charge in [0.25, 0.3) is 0 Å². The number of alkyl halides is 1. The smallest absolute Gasteiger partial charge is 0.107 e. The second kappa shape index (κ2) is 3.10. The molecule has 1 heterocycles. The molecule has 0 aromatic carbocycles. The fourth-order valence-corrected chi connectivity index (χ4v) is 1.95. The van der Waals surface area contributed by atoms with Crippen LogP contribution < -0.4 is 5.32 Å². The van der Waals surface area contributed by atoms with E-state index in [4.69, 9.17) is 0 Å². The summed E-state index contributed by atoms with van der Waals surface area (Å²) in [5, 5.41) is 3.26. The molecule has 0 radical (unpaired) electrons. The summed E-state index contributed by atoms with van der Waals surface area (Å²) in [7, 11) is 0. The van der Waals surface area contributed by atoms with Gasteiger partial charge in [-0.3, -0.25) is 0 Å². The third-order valence-corrected chi connectivity index (χ3v) is 2.86. The lowest BCUT2D eigenvalue weighted by molar-refractivity contribution is 0.169. The number of halogens is 1. The van der Waals surface area contributed by atoms with Crippen LogP contribution in [0.5, 0.6) is 0 Å². The Balaban J connectivity index is 1.81. The molecule has 1 saturated heterocycles. The van der Waals surface area contributed by atoms with Gasteiger partial charge in [-0.15, -0.1) is 0 Å². The highest BCUT2D eigenvalue weighted by atomic mass is 19.1. The van der Waals surface area contributed by atoms with E-state index in [0.717, 1.165) is 38.8 Å². The Morgan fingerprint density at radius 2 is 2.00 bits per heavy atom. The molecular weight excluding hydrogens is 141 g/mol. The molecule has 1 nitrogen and oxygen atoms in total. The topological polar surface area (TPSA) is 12.0 Å². The lowest BCUT2D eigenvalue weighted by Gasteiger charge is -2.25. The quantitative estimate of drug-likeness (QED) is 0.643. The van der Waals surface area contributed by atoms with Crippen LogP contribution in [0.2, 0.25) is 0 Å². The van der Waals surface area contributed by atoms with Crippen molar-refractivity contribution < 1.29 is 4.39 Å². The summed E-state index contributed by atoms with van der Waals surface area (Å²) in [6.45, 7) is 2.01. The van der Waals surface area contributed by atoms with Crippen LogP contribution in [-0.2, 0) is 0 Å². The first kappa shape index (κ1) is 7.53. The van der Waals surface area contributed by atoms with Gasteiger partial charge in [-0.05, 0) is 38.1 Å². The summed E-state index contributed by atoms with van der Waals surface area (Å²) in [4.78, 5) is 0. The van der Waals surface area contributed by atoms with Gasteiger partial charge >= 0.3 is 0 Å². The van der Waals surface area contributed by atoms with Gasteiger partial charge in [0.05, 0.1) is 0 Å². The molecule has 1 saturated carbocycles. The summed E-state index contributed by atoms with van der Waals surface area (Å²) in [5.41, 5.74) is 0. The first-order valence-electron chi connectivity index (χ1n) is 4.72. The molecule has 1 aliphatic carbocycles. The monoisotopic (exact) mass is 157 g/mol. The Labute approximate surface area is 67.4 Å². The summed E-state index contributed by atoms with van der Waals surface area (Å²) in [5.74, 6) is 0.760. The number of hydrogen-bond acceptors (Lipinski definition) is 1. The summed E-state index contributed by atoms with van der Waals surface area (Å²) < 4.78 is 13.4. The Morgan fingerprint density at radius 3 is 2.55 bits per heavy atom. The fraction of sp³-hybridized carbons (Fsp3) is 1.00. The first-order valence-corrected chi connectivity index (χ1v) is 4.72. The van der Waals surface area contributed by atoms with E-state index in [9.17, 15) is 4.39 Å². The molecule has 0 bridgehead atoms. The van der Waals surface area contributed by atoms with Crippen LogP contribution in [0.4, 0.5) is 4.39 Å². The Bertz CT molecular complexity index is 128. The molecule has 1 aliphatic heterocycles. The predicted molar refractivity (Wildman–Crippen MR) is 43.2 cm³/mol. The number of nitrogens with one attached hydrogen (secondary N) is 1. The molecule has 0 spiro atoms. The van der Waals surface area contributed by atoms with Gasteiger partial charge in [0.2, 0.25) is 0 Å². The van der Waals surface area contributed by atoms with Gasteiger partial charge in [-0.25, -0.2) is 4.39 Å².